The standard InChI is InChI=1S/2C9H4BrFO2/c2*10-7-4-5-3-6(11)1-2-8(5)13-9(7)12/h2*1-4H. The van der Waals surface area contributed by atoms with Crippen molar-refractivity contribution in [3.8, 4) is 0 Å². The molecule has 2 aromatic heterocycles. The van der Waals surface area contributed by atoms with Gasteiger partial charge in [-0.2, -0.15) is 0 Å². The highest BCUT2D eigenvalue weighted by atomic mass is 79.9. The Morgan fingerprint density at radius 1 is 0.654 bits per heavy atom. The van der Waals surface area contributed by atoms with E-state index in [1.165, 1.54) is 48.5 Å². The molecule has 26 heavy (non-hydrogen) atoms. The van der Waals surface area contributed by atoms with Gasteiger partial charge in [-0.25, -0.2) is 18.4 Å². The third-order valence-electron chi connectivity index (χ3n) is 3.30. The van der Waals surface area contributed by atoms with Crippen LogP contribution in [0.4, 0.5) is 8.78 Å². The summed E-state index contributed by atoms with van der Waals surface area (Å²) in [5.41, 5.74) is -0.151. The normalized spacial score (nSPS) is 10.6. The number of hydrogen-bond donors (Lipinski definition) is 0. The molecule has 2 heterocycles. The van der Waals surface area contributed by atoms with E-state index in [1.54, 1.807) is 0 Å². The highest BCUT2D eigenvalue weighted by Gasteiger charge is 2.03. The Morgan fingerprint density at radius 3 is 1.42 bits per heavy atom. The molecule has 0 saturated heterocycles. The van der Waals surface area contributed by atoms with E-state index in [-0.39, 0.29) is 11.6 Å². The molecule has 0 atom stereocenters. The predicted octanol–water partition coefficient (Wildman–Crippen LogP) is 5.39. The first-order chi connectivity index (χ1) is 12.3. The van der Waals surface area contributed by atoms with Gasteiger partial charge >= 0.3 is 11.3 Å². The molecule has 0 amide bonds. The Kier molecular flexibility index (Phi) is 5.33. The van der Waals surface area contributed by atoms with Crippen molar-refractivity contribution in [3.05, 3.63) is 90.0 Å². The minimum Gasteiger partial charge on any atom is -0.422 e. The molecule has 0 unspecified atom stereocenters. The van der Waals surface area contributed by atoms with E-state index in [4.69, 9.17) is 8.83 Å². The van der Waals surface area contributed by atoms with Crippen LogP contribution >= 0.6 is 31.9 Å². The van der Waals surface area contributed by atoms with Crippen molar-refractivity contribution in [2.24, 2.45) is 0 Å². The summed E-state index contributed by atoms with van der Waals surface area (Å²) in [4.78, 5) is 22.0. The maximum Gasteiger partial charge on any atom is 0.350 e. The monoisotopic (exact) mass is 484 g/mol. The molecule has 8 heteroatoms. The Morgan fingerprint density at radius 2 is 1.04 bits per heavy atom. The fourth-order valence-electron chi connectivity index (χ4n) is 2.14. The molecule has 0 aliphatic rings. The van der Waals surface area contributed by atoms with Crippen LogP contribution in [0.5, 0.6) is 0 Å². The Bertz CT molecular complexity index is 1130. The summed E-state index contributed by atoms with van der Waals surface area (Å²) >= 11 is 6.02. The topological polar surface area (TPSA) is 60.4 Å². The van der Waals surface area contributed by atoms with Crippen molar-refractivity contribution >= 4 is 53.8 Å². The Labute approximate surface area is 161 Å². The van der Waals surface area contributed by atoms with Gasteiger partial charge in [0.2, 0.25) is 0 Å². The average Bonchev–Trinajstić information content (AvgIpc) is 2.58. The zero-order valence-electron chi connectivity index (χ0n) is 12.8. The van der Waals surface area contributed by atoms with Crippen LogP contribution in [0.15, 0.2) is 75.9 Å². The first-order valence-electron chi connectivity index (χ1n) is 7.11. The van der Waals surface area contributed by atoms with Crippen molar-refractivity contribution in [1.29, 1.82) is 0 Å². The molecule has 0 fully saturated rings. The van der Waals surface area contributed by atoms with Crippen molar-refractivity contribution in [2.45, 2.75) is 0 Å². The quantitative estimate of drug-likeness (QED) is 0.313. The highest BCUT2D eigenvalue weighted by molar-refractivity contribution is 9.10. The van der Waals surface area contributed by atoms with E-state index in [9.17, 15) is 18.4 Å². The molecule has 0 N–H and O–H groups in total. The minimum atomic E-state index is -0.459. The summed E-state index contributed by atoms with van der Waals surface area (Å²) in [7, 11) is 0. The summed E-state index contributed by atoms with van der Waals surface area (Å²) in [6.07, 6.45) is 0. The van der Waals surface area contributed by atoms with Gasteiger partial charge < -0.3 is 8.83 Å². The van der Waals surface area contributed by atoms with Gasteiger partial charge in [0.25, 0.3) is 0 Å². The Balaban J connectivity index is 0.000000151. The van der Waals surface area contributed by atoms with Crippen LogP contribution in [0.3, 0.4) is 0 Å². The molecule has 0 aliphatic carbocycles. The lowest BCUT2D eigenvalue weighted by atomic mass is 10.2. The van der Waals surface area contributed by atoms with Crippen molar-refractivity contribution in [3.63, 3.8) is 0 Å². The zero-order valence-corrected chi connectivity index (χ0v) is 15.9. The fraction of sp³-hybridized carbons (Fsp3) is 0. The summed E-state index contributed by atoms with van der Waals surface area (Å²) in [5, 5.41) is 1.12. The minimum absolute atomic E-state index is 0.297. The van der Waals surface area contributed by atoms with Crippen molar-refractivity contribution in [1.82, 2.24) is 0 Å². The first-order valence-corrected chi connectivity index (χ1v) is 8.70. The zero-order chi connectivity index (χ0) is 18.8. The molecule has 0 radical (unpaired) electrons. The van der Waals surface area contributed by atoms with Gasteiger partial charge in [0.1, 0.15) is 31.7 Å². The van der Waals surface area contributed by atoms with Crippen LogP contribution in [0.2, 0.25) is 0 Å². The number of rotatable bonds is 0. The van der Waals surface area contributed by atoms with E-state index in [1.807, 2.05) is 0 Å². The predicted molar refractivity (Wildman–Crippen MR) is 100 cm³/mol. The van der Waals surface area contributed by atoms with Crippen LogP contribution in [0.25, 0.3) is 21.9 Å². The van der Waals surface area contributed by atoms with Crippen LogP contribution in [-0.2, 0) is 0 Å². The number of halogens is 4. The molecule has 0 spiro atoms. The first kappa shape index (κ1) is 18.5. The maximum atomic E-state index is 12.7. The highest BCUT2D eigenvalue weighted by Crippen LogP contribution is 2.18. The van der Waals surface area contributed by atoms with Gasteiger partial charge in [-0.1, -0.05) is 0 Å². The molecule has 0 saturated carbocycles. The molecule has 0 aliphatic heterocycles. The second-order valence-corrected chi connectivity index (χ2v) is 6.84. The van der Waals surface area contributed by atoms with Crippen LogP contribution in [-0.4, -0.2) is 0 Å². The molecule has 0 bridgehead atoms. The van der Waals surface area contributed by atoms with Crippen LogP contribution < -0.4 is 11.3 Å². The second-order valence-electron chi connectivity index (χ2n) is 5.13. The summed E-state index contributed by atoms with van der Waals surface area (Å²) in [5.74, 6) is -0.707. The molecule has 132 valence electrons. The summed E-state index contributed by atoms with van der Waals surface area (Å²) in [6.45, 7) is 0. The molecule has 2 aromatic carbocycles. The van der Waals surface area contributed by atoms with Crippen LogP contribution in [0, 0.1) is 11.6 Å². The SMILES string of the molecule is O=c1oc2ccc(F)cc2cc1Br.O=c1oc2ccc(F)cc2cc1Br. The van der Waals surface area contributed by atoms with E-state index < -0.39 is 11.3 Å². The number of benzene rings is 2. The third-order valence-corrected chi connectivity index (χ3v) is 4.41. The van der Waals surface area contributed by atoms with Gasteiger partial charge in [-0.05, 0) is 80.4 Å². The molecule has 4 rings (SSSR count). The van der Waals surface area contributed by atoms with E-state index in [2.05, 4.69) is 31.9 Å². The Hall–Kier alpha value is -2.32. The second kappa shape index (κ2) is 7.51. The number of hydrogen-bond acceptors (Lipinski definition) is 4. The summed E-state index contributed by atoms with van der Waals surface area (Å²) in [6, 6.07) is 11.0. The van der Waals surface area contributed by atoms with Crippen molar-refractivity contribution < 1.29 is 17.6 Å². The smallest absolute Gasteiger partial charge is 0.350 e. The van der Waals surface area contributed by atoms with E-state index >= 15 is 0 Å². The lowest BCUT2D eigenvalue weighted by molar-refractivity contribution is 0.554. The van der Waals surface area contributed by atoms with E-state index in [0.717, 1.165) is 0 Å². The molecule has 4 nitrogen and oxygen atoms in total. The van der Waals surface area contributed by atoms with Gasteiger partial charge in [-0.3, -0.25) is 0 Å². The van der Waals surface area contributed by atoms with Gasteiger partial charge in [0, 0.05) is 10.8 Å². The molecular formula is C18H8Br2F2O4. The molecular weight excluding hydrogens is 478 g/mol. The molecule has 4 aromatic rings. The summed E-state index contributed by atoms with van der Waals surface area (Å²) < 4.78 is 35.8. The maximum absolute atomic E-state index is 12.7. The average molecular weight is 486 g/mol. The van der Waals surface area contributed by atoms with Crippen molar-refractivity contribution in [2.75, 3.05) is 0 Å². The third kappa shape index (κ3) is 4.08. The van der Waals surface area contributed by atoms with Gasteiger partial charge in [-0.15, -0.1) is 0 Å². The number of fused-ring (bicyclic) bond motifs is 2. The fourth-order valence-corrected chi connectivity index (χ4v) is 2.79. The van der Waals surface area contributed by atoms with Crippen LogP contribution in [0.1, 0.15) is 0 Å². The van der Waals surface area contributed by atoms with Gasteiger partial charge in [0.15, 0.2) is 0 Å². The lowest BCUT2D eigenvalue weighted by Crippen LogP contribution is -1.98. The van der Waals surface area contributed by atoms with E-state index in [0.29, 0.717) is 30.9 Å². The van der Waals surface area contributed by atoms with Gasteiger partial charge in [0.05, 0.1) is 0 Å². The lowest BCUT2D eigenvalue weighted by Gasteiger charge is -1.96. The largest absolute Gasteiger partial charge is 0.422 e.